The van der Waals surface area contributed by atoms with Crippen LogP contribution in [0.5, 0.6) is 0 Å². The summed E-state index contributed by atoms with van der Waals surface area (Å²) >= 11 is 0. The van der Waals surface area contributed by atoms with Crippen molar-refractivity contribution in [1.29, 1.82) is 0 Å². The van der Waals surface area contributed by atoms with Crippen LogP contribution in [0.1, 0.15) is 29.5 Å². The van der Waals surface area contributed by atoms with Gasteiger partial charge < -0.3 is 20.5 Å². The van der Waals surface area contributed by atoms with Crippen LogP contribution in [0.25, 0.3) is 10.9 Å². The zero-order valence-electron chi connectivity index (χ0n) is 19.8. The monoisotopic (exact) mass is 454 g/mol. The molecule has 0 aliphatic rings. The van der Waals surface area contributed by atoms with E-state index in [2.05, 4.69) is 56.9 Å². The molecule has 1 atom stereocenters. The van der Waals surface area contributed by atoms with E-state index < -0.39 is 0 Å². The Labute approximate surface area is 200 Å². The largest absolute Gasteiger partial charge is 0.378 e. The summed E-state index contributed by atoms with van der Waals surface area (Å²) in [6.07, 6.45) is 2.32. The van der Waals surface area contributed by atoms with Gasteiger partial charge in [0, 0.05) is 62.0 Å². The first-order valence-corrected chi connectivity index (χ1v) is 11.4. The van der Waals surface area contributed by atoms with Crippen LogP contribution in [-0.4, -0.2) is 37.4 Å². The Morgan fingerprint density at radius 3 is 2.32 bits per heavy atom. The van der Waals surface area contributed by atoms with Gasteiger partial charge in [-0.15, -0.1) is 0 Å². The lowest BCUT2D eigenvalue weighted by Crippen LogP contribution is -2.30. The molecule has 0 saturated heterocycles. The van der Waals surface area contributed by atoms with Gasteiger partial charge in [-0.05, 0) is 47.0 Å². The highest BCUT2D eigenvalue weighted by molar-refractivity contribution is 5.88. The Balaban J connectivity index is 1.51. The molecule has 174 valence electrons. The van der Waals surface area contributed by atoms with Crippen LogP contribution in [0.4, 0.5) is 11.4 Å². The number of nitrogens with zero attached hydrogens (tertiary/aromatic N) is 1. The Bertz CT molecular complexity index is 1270. The number of rotatable bonds is 8. The number of hydrogen-bond acceptors (Lipinski definition) is 3. The number of aromatic amines is 1. The summed E-state index contributed by atoms with van der Waals surface area (Å²) < 4.78 is 0. The molecule has 0 aliphatic carbocycles. The van der Waals surface area contributed by atoms with E-state index >= 15 is 0 Å². The minimum absolute atomic E-state index is 0.0125. The van der Waals surface area contributed by atoms with Gasteiger partial charge in [0.05, 0.1) is 6.42 Å². The maximum atomic E-state index is 12.8. The first kappa shape index (κ1) is 23.1. The summed E-state index contributed by atoms with van der Waals surface area (Å²) in [6, 6.07) is 24.1. The van der Waals surface area contributed by atoms with Crippen molar-refractivity contribution in [2.24, 2.45) is 0 Å². The molecule has 6 nitrogen and oxygen atoms in total. The third-order valence-electron chi connectivity index (χ3n) is 5.95. The number of aromatic nitrogens is 1. The van der Waals surface area contributed by atoms with Gasteiger partial charge in [0.1, 0.15) is 0 Å². The Morgan fingerprint density at radius 1 is 0.941 bits per heavy atom. The molecule has 3 N–H and O–H groups in total. The molecule has 4 aromatic rings. The number of benzene rings is 3. The van der Waals surface area contributed by atoms with Crippen LogP contribution in [0.2, 0.25) is 0 Å². The summed E-state index contributed by atoms with van der Waals surface area (Å²) in [7, 11) is 4.05. The van der Waals surface area contributed by atoms with Crippen molar-refractivity contribution in [2.75, 3.05) is 30.9 Å². The molecule has 1 aromatic heterocycles. The molecule has 6 heteroatoms. The molecular weight excluding hydrogens is 424 g/mol. The van der Waals surface area contributed by atoms with Crippen molar-refractivity contribution >= 4 is 34.1 Å². The number of fused-ring (bicyclic) bond motifs is 1. The van der Waals surface area contributed by atoms with Gasteiger partial charge in [-0.3, -0.25) is 9.59 Å². The molecule has 0 aliphatic heterocycles. The molecule has 34 heavy (non-hydrogen) atoms. The lowest BCUT2D eigenvalue weighted by molar-refractivity contribution is -0.120. The second-order valence-corrected chi connectivity index (χ2v) is 8.69. The zero-order chi connectivity index (χ0) is 24.1. The molecule has 2 amide bonds. The quantitative estimate of drug-likeness (QED) is 0.362. The predicted molar refractivity (Wildman–Crippen MR) is 138 cm³/mol. The first-order valence-electron chi connectivity index (χ1n) is 11.4. The number of nitrogens with one attached hydrogen (secondary N) is 3. The van der Waals surface area contributed by atoms with Crippen molar-refractivity contribution in [3.05, 3.63) is 95.7 Å². The fourth-order valence-corrected chi connectivity index (χ4v) is 4.17. The van der Waals surface area contributed by atoms with Crippen molar-refractivity contribution in [1.82, 2.24) is 10.3 Å². The van der Waals surface area contributed by atoms with E-state index in [9.17, 15) is 9.59 Å². The minimum atomic E-state index is -0.118. The smallest absolute Gasteiger partial charge is 0.224 e. The van der Waals surface area contributed by atoms with Crippen molar-refractivity contribution < 1.29 is 9.59 Å². The van der Waals surface area contributed by atoms with Crippen molar-refractivity contribution in [3.63, 3.8) is 0 Å². The van der Waals surface area contributed by atoms with Gasteiger partial charge in [-0.2, -0.15) is 0 Å². The van der Waals surface area contributed by atoms with Crippen LogP contribution in [-0.2, 0) is 16.0 Å². The Hall–Kier alpha value is -4.06. The lowest BCUT2D eigenvalue weighted by Gasteiger charge is -2.20. The number of hydrogen-bond donors (Lipinski definition) is 3. The van der Waals surface area contributed by atoms with E-state index in [1.807, 2.05) is 56.7 Å². The van der Waals surface area contributed by atoms with E-state index in [4.69, 9.17) is 0 Å². The highest BCUT2D eigenvalue weighted by Crippen LogP contribution is 2.31. The van der Waals surface area contributed by atoms with E-state index in [1.165, 1.54) is 6.92 Å². The second kappa shape index (κ2) is 10.3. The number of carbonyl (C=O) groups excluding carboxylic acids is 2. The number of amides is 2. The third-order valence-corrected chi connectivity index (χ3v) is 5.95. The molecule has 0 fully saturated rings. The molecule has 0 saturated carbocycles. The normalized spacial score (nSPS) is 11.7. The van der Waals surface area contributed by atoms with Crippen LogP contribution in [0.15, 0.2) is 79.0 Å². The van der Waals surface area contributed by atoms with Crippen LogP contribution >= 0.6 is 0 Å². The molecular formula is C28H30N4O2. The van der Waals surface area contributed by atoms with E-state index in [0.717, 1.165) is 39.0 Å². The van der Waals surface area contributed by atoms with Crippen molar-refractivity contribution in [3.8, 4) is 0 Å². The fraction of sp³-hybridized carbons (Fsp3) is 0.214. The SMILES string of the molecule is CC(=O)Nc1ccc(CC(=O)NC[C@@H](c2ccc(N(C)C)cc2)c2c[nH]c3ccccc23)cc1. The lowest BCUT2D eigenvalue weighted by atomic mass is 9.90. The highest BCUT2D eigenvalue weighted by Gasteiger charge is 2.19. The van der Waals surface area contributed by atoms with E-state index in [1.54, 1.807) is 0 Å². The highest BCUT2D eigenvalue weighted by atomic mass is 16.2. The van der Waals surface area contributed by atoms with Crippen molar-refractivity contribution in [2.45, 2.75) is 19.3 Å². The van der Waals surface area contributed by atoms with Gasteiger partial charge in [-0.25, -0.2) is 0 Å². The van der Waals surface area contributed by atoms with Gasteiger partial charge in [0.2, 0.25) is 11.8 Å². The summed E-state index contributed by atoms with van der Waals surface area (Å²) in [6.45, 7) is 1.96. The molecule has 1 heterocycles. The third kappa shape index (κ3) is 5.46. The zero-order valence-corrected chi connectivity index (χ0v) is 19.8. The Kier molecular flexibility index (Phi) is 6.97. The van der Waals surface area contributed by atoms with Crippen LogP contribution in [0, 0.1) is 0 Å². The topological polar surface area (TPSA) is 77.2 Å². The number of H-pyrrole nitrogens is 1. The van der Waals surface area contributed by atoms with Crippen LogP contribution in [0.3, 0.4) is 0 Å². The van der Waals surface area contributed by atoms with Gasteiger partial charge >= 0.3 is 0 Å². The maximum Gasteiger partial charge on any atom is 0.224 e. The molecule has 0 bridgehead atoms. The first-order chi connectivity index (χ1) is 16.4. The van der Waals surface area contributed by atoms with E-state index in [0.29, 0.717) is 6.54 Å². The van der Waals surface area contributed by atoms with E-state index in [-0.39, 0.29) is 24.2 Å². The number of anilines is 2. The van der Waals surface area contributed by atoms with Gasteiger partial charge in [0.15, 0.2) is 0 Å². The maximum absolute atomic E-state index is 12.8. The summed E-state index contributed by atoms with van der Waals surface area (Å²) in [5.41, 5.74) is 6.14. The minimum Gasteiger partial charge on any atom is -0.378 e. The number of para-hydroxylation sites is 1. The summed E-state index contributed by atoms with van der Waals surface area (Å²) in [4.78, 5) is 29.4. The van der Waals surface area contributed by atoms with Crippen LogP contribution < -0.4 is 15.5 Å². The molecule has 4 rings (SSSR count). The summed E-state index contributed by atoms with van der Waals surface area (Å²) in [5, 5.41) is 7.03. The van der Waals surface area contributed by atoms with Gasteiger partial charge in [0.25, 0.3) is 0 Å². The molecule has 0 radical (unpaired) electrons. The molecule has 3 aromatic carbocycles. The molecule has 0 spiro atoms. The average Bonchev–Trinajstić information content (AvgIpc) is 3.24. The predicted octanol–water partition coefficient (Wildman–Crippen LogP) is 4.68. The number of carbonyl (C=O) groups is 2. The molecule has 0 unspecified atom stereocenters. The summed E-state index contributed by atoms with van der Waals surface area (Å²) in [5.74, 6) is -0.145. The Morgan fingerprint density at radius 2 is 1.65 bits per heavy atom. The fourth-order valence-electron chi connectivity index (χ4n) is 4.17. The standard InChI is InChI=1S/C28H30N4O2/c1-19(33)31-22-12-8-20(9-13-22)16-28(34)30-17-25(21-10-14-23(15-11-21)32(2)3)26-18-29-27-7-5-4-6-24(26)27/h4-15,18,25,29H,16-17H2,1-3H3,(H,30,34)(H,31,33)/t25-/m0/s1. The van der Waals surface area contributed by atoms with Gasteiger partial charge in [-0.1, -0.05) is 42.5 Å². The second-order valence-electron chi connectivity index (χ2n) is 8.69. The average molecular weight is 455 g/mol.